The summed E-state index contributed by atoms with van der Waals surface area (Å²) < 4.78 is 13.5. The molecule has 0 saturated heterocycles. The monoisotopic (exact) mass is 406 g/mol. The third-order valence-electron chi connectivity index (χ3n) is 7.71. The molecule has 4 heteroatoms. The van der Waals surface area contributed by atoms with Gasteiger partial charge in [-0.05, 0) is 97.9 Å². The van der Waals surface area contributed by atoms with E-state index in [1.54, 1.807) is 12.1 Å². The van der Waals surface area contributed by atoms with Crippen LogP contribution in [-0.2, 0) is 17.8 Å². The molecular formula is C26H31FN2O. The van der Waals surface area contributed by atoms with Gasteiger partial charge in [0.2, 0.25) is 5.91 Å². The second-order valence-corrected chi connectivity index (χ2v) is 9.84. The SMILES string of the molecule is Cc1cc(N2CCc3cc(F)ccc3C2)cc(C)c1NC(=O)C1CC2(CCCC2)C1. The minimum absolute atomic E-state index is 0.153. The van der Waals surface area contributed by atoms with E-state index >= 15 is 0 Å². The van der Waals surface area contributed by atoms with Crippen molar-refractivity contribution in [1.29, 1.82) is 0 Å². The highest BCUT2D eigenvalue weighted by atomic mass is 19.1. The quantitative estimate of drug-likeness (QED) is 0.687. The van der Waals surface area contributed by atoms with Crippen molar-refractivity contribution in [3.63, 3.8) is 0 Å². The van der Waals surface area contributed by atoms with Gasteiger partial charge in [-0.15, -0.1) is 0 Å². The molecule has 2 aliphatic carbocycles. The molecule has 2 aromatic carbocycles. The van der Waals surface area contributed by atoms with Gasteiger partial charge in [-0.1, -0.05) is 18.9 Å². The number of aryl methyl sites for hydroxylation is 2. The predicted molar refractivity (Wildman–Crippen MR) is 119 cm³/mol. The van der Waals surface area contributed by atoms with Gasteiger partial charge in [-0.3, -0.25) is 4.79 Å². The zero-order valence-electron chi connectivity index (χ0n) is 18.1. The van der Waals surface area contributed by atoms with Crippen molar-refractivity contribution in [3.8, 4) is 0 Å². The van der Waals surface area contributed by atoms with Crippen LogP contribution in [0.3, 0.4) is 0 Å². The molecule has 1 N–H and O–H groups in total. The maximum Gasteiger partial charge on any atom is 0.227 e. The average Bonchev–Trinajstić information content (AvgIpc) is 3.19. The van der Waals surface area contributed by atoms with E-state index in [1.165, 1.54) is 36.9 Å². The number of hydrogen-bond donors (Lipinski definition) is 1. The predicted octanol–water partition coefficient (Wildman–Crippen LogP) is 5.91. The lowest BCUT2D eigenvalue weighted by molar-refractivity contribution is -0.127. The highest BCUT2D eigenvalue weighted by Gasteiger charge is 2.48. The van der Waals surface area contributed by atoms with Crippen molar-refractivity contribution >= 4 is 17.3 Å². The first-order valence-corrected chi connectivity index (χ1v) is 11.4. The van der Waals surface area contributed by atoms with Crippen molar-refractivity contribution < 1.29 is 9.18 Å². The lowest BCUT2D eigenvalue weighted by atomic mass is 9.60. The number of benzene rings is 2. The number of anilines is 2. The van der Waals surface area contributed by atoms with E-state index in [1.807, 2.05) is 6.07 Å². The molecule has 5 rings (SSSR count). The Morgan fingerprint density at radius 2 is 1.77 bits per heavy atom. The fourth-order valence-corrected chi connectivity index (χ4v) is 5.99. The van der Waals surface area contributed by atoms with Gasteiger partial charge in [0, 0.05) is 30.4 Å². The number of hydrogen-bond acceptors (Lipinski definition) is 2. The highest BCUT2D eigenvalue weighted by molar-refractivity contribution is 5.95. The minimum Gasteiger partial charge on any atom is -0.367 e. The molecule has 0 bridgehead atoms. The van der Waals surface area contributed by atoms with Crippen molar-refractivity contribution in [3.05, 3.63) is 58.4 Å². The summed E-state index contributed by atoms with van der Waals surface area (Å²) in [5, 5.41) is 3.24. The molecule has 0 unspecified atom stereocenters. The second kappa shape index (κ2) is 7.40. The summed E-state index contributed by atoms with van der Waals surface area (Å²) >= 11 is 0. The smallest absolute Gasteiger partial charge is 0.227 e. The summed E-state index contributed by atoms with van der Waals surface area (Å²) in [5.41, 5.74) is 7.16. The van der Waals surface area contributed by atoms with Crippen LogP contribution in [0.4, 0.5) is 15.8 Å². The van der Waals surface area contributed by atoms with E-state index in [9.17, 15) is 9.18 Å². The van der Waals surface area contributed by atoms with Crippen LogP contribution >= 0.6 is 0 Å². The minimum atomic E-state index is -0.153. The molecule has 3 aliphatic rings. The topological polar surface area (TPSA) is 32.3 Å². The molecule has 2 saturated carbocycles. The number of rotatable bonds is 3. The standard InChI is InChI=1S/C26H31FN2O/c1-17-11-23(29-10-7-19-13-22(27)6-5-20(19)16-29)12-18(2)24(17)28-25(30)21-14-26(15-21)8-3-4-9-26/h5-6,11-13,21H,3-4,7-10,14-16H2,1-2H3,(H,28,30). The van der Waals surface area contributed by atoms with Gasteiger partial charge in [0.15, 0.2) is 0 Å². The van der Waals surface area contributed by atoms with Gasteiger partial charge in [0.05, 0.1) is 0 Å². The number of nitrogens with zero attached hydrogens (tertiary/aromatic N) is 1. The largest absolute Gasteiger partial charge is 0.367 e. The zero-order chi connectivity index (χ0) is 20.9. The zero-order valence-corrected chi connectivity index (χ0v) is 18.1. The number of nitrogens with one attached hydrogen (secondary N) is 1. The molecule has 1 spiro atoms. The van der Waals surface area contributed by atoms with E-state index < -0.39 is 0 Å². The Bertz CT molecular complexity index is 962. The summed E-state index contributed by atoms with van der Waals surface area (Å²) in [6.45, 7) is 5.84. The molecule has 2 fully saturated rings. The Kier molecular flexibility index (Phi) is 4.83. The van der Waals surface area contributed by atoms with Crippen LogP contribution < -0.4 is 10.2 Å². The van der Waals surface area contributed by atoms with Crippen LogP contribution in [0, 0.1) is 31.0 Å². The van der Waals surface area contributed by atoms with Crippen LogP contribution in [0.15, 0.2) is 30.3 Å². The second-order valence-electron chi connectivity index (χ2n) is 9.84. The molecule has 1 amide bonds. The molecule has 3 nitrogen and oxygen atoms in total. The van der Waals surface area contributed by atoms with Gasteiger partial charge < -0.3 is 10.2 Å². The summed E-state index contributed by atoms with van der Waals surface area (Å²) in [6.07, 6.45) is 8.30. The normalized spacial score (nSPS) is 20.2. The lowest BCUT2D eigenvalue weighted by Gasteiger charge is -2.44. The number of amides is 1. The molecule has 30 heavy (non-hydrogen) atoms. The highest BCUT2D eigenvalue weighted by Crippen LogP contribution is 2.56. The molecule has 0 radical (unpaired) electrons. The van der Waals surface area contributed by atoms with Crippen LogP contribution in [0.5, 0.6) is 0 Å². The Labute approximate surface area is 178 Å². The Morgan fingerprint density at radius 3 is 2.47 bits per heavy atom. The van der Waals surface area contributed by atoms with Crippen LogP contribution in [-0.4, -0.2) is 12.5 Å². The van der Waals surface area contributed by atoms with Gasteiger partial charge in [0.1, 0.15) is 5.82 Å². The van der Waals surface area contributed by atoms with Crippen LogP contribution in [0.2, 0.25) is 0 Å². The van der Waals surface area contributed by atoms with Gasteiger partial charge in [-0.25, -0.2) is 4.39 Å². The van der Waals surface area contributed by atoms with Gasteiger partial charge in [0.25, 0.3) is 0 Å². The van der Waals surface area contributed by atoms with Gasteiger partial charge in [-0.2, -0.15) is 0 Å². The van der Waals surface area contributed by atoms with Crippen molar-refractivity contribution in [2.24, 2.45) is 11.3 Å². The Morgan fingerprint density at radius 1 is 1.07 bits per heavy atom. The summed E-state index contributed by atoms with van der Waals surface area (Å²) in [7, 11) is 0. The molecule has 0 aromatic heterocycles. The first kappa shape index (κ1) is 19.6. The summed E-state index contributed by atoms with van der Waals surface area (Å²) in [5.74, 6) is 0.222. The number of carbonyl (C=O) groups excluding carboxylic acids is 1. The van der Waals surface area contributed by atoms with E-state index in [4.69, 9.17) is 0 Å². The number of carbonyl (C=O) groups is 1. The van der Waals surface area contributed by atoms with Crippen LogP contribution in [0.1, 0.15) is 60.8 Å². The summed E-state index contributed by atoms with van der Waals surface area (Å²) in [6, 6.07) is 9.47. The van der Waals surface area contributed by atoms with E-state index in [0.29, 0.717) is 5.41 Å². The molecule has 158 valence electrons. The summed E-state index contributed by atoms with van der Waals surface area (Å²) in [4.78, 5) is 15.2. The fraction of sp³-hybridized carbons (Fsp3) is 0.500. The molecule has 1 heterocycles. The maximum absolute atomic E-state index is 13.5. The van der Waals surface area contributed by atoms with Gasteiger partial charge >= 0.3 is 0 Å². The van der Waals surface area contributed by atoms with Crippen molar-refractivity contribution in [1.82, 2.24) is 0 Å². The number of fused-ring (bicyclic) bond motifs is 1. The fourth-order valence-electron chi connectivity index (χ4n) is 5.99. The number of halogens is 1. The molecular weight excluding hydrogens is 375 g/mol. The first-order chi connectivity index (χ1) is 14.4. The van der Waals surface area contributed by atoms with E-state index in [-0.39, 0.29) is 17.6 Å². The Hall–Kier alpha value is -2.36. The first-order valence-electron chi connectivity index (χ1n) is 11.4. The maximum atomic E-state index is 13.5. The lowest BCUT2D eigenvalue weighted by Crippen LogP contribution is -2.41. The Balaban J connectivity index is 1.28. The third-order valence-corrected chi connectivity index (χ3v) is 7.71. The third kappa shape index (κ3) is 3.51. The molecule has 1 aliphatic heterocycles. The van der Waals surface area contributed by atoms with E-state index in [2.05, 4.69) is 36.2 Å². The van der Waals surface area contributed by atoms with Crippen molar-refractivity contribution in [2.45, 2.75) is 65.3 Å². The average molecular weight is 407 g/mol. The molecule has 0 atom stereocenters. The van der Waals surface area contributed by atoms with Crippen molar-refractivity contribution in [2.75, 3.05) is 16.8 Å². The van der Waals surface area contributed by atoms with Crippen LogP contribution in [0.25, 0.3) is 0 Å². The van der Waals surface area contributed by atoms with E-state index in [0.717, 1.165) is 54.7 Å². The molecule has 2 aromatic rings.